The standard InChI is InChI=1S/C19H22F3N3O3S.HI/c1-12-9-13(7-8-17(12)29(3,26)27)10-24-19(23-2)25-11-14-15(20)5-4-6-16(14)28-18(21)22;/h4-9,18H,10-11H2,1-3H3,(H2,23,24,25);1H. The van der Waals surface area contributed by atoms with E-state index in [1.54, 1.807) is 19.1 Å². The summed E-state index contributed by atoms with van der Waals surface area (Å²) in [7, 11) is -1.79. The van der Waals surface area contributed by atoms with E-state index in [1.165, 1.54) is 25.2 Å². The number of hydrogen-bond acceptors (Lipinski definition) is 4. The van der Waals surface area contributed by atoms with Gasteiger partial charge >= 0.3 is 6.61 Å². The molecule has 0 aliphatic heterocycles. The van der Waals surface area contributed by atoms with Gasteiger partial charge in [0.25, 0.3) is 0 Å². The first-order valence-electron chi connectivity index (χ1n) is 8.58. The summed E-state index contributed by atoms with van der Waals surface area (Å²) in [6, 6.07) is 8.64. The minimum atomic E-state index is -3.30. The highest BCUT2D eigenvalue weighted by Crippen LogP contribution is 2.23. The van der Waals surface area contributed by atoms with E-state index in [2.05, 4.69) is 20.4 Å². The molecule has 0 radical (unpaired) electrons. The molecule has 30 heavy (non-hydrogen) atoms. The molecule has 2 aromatic carbocycles. The van der Waals surface area contributed by atoms with Crippen LogP contribution < -0.4 is 15.4 Å². The fourth-order valence-corrected chi connectivity index (χ4v) is 3.69. The van der Waals surface area contributed by atoms with E-state index in [9.17, 15) is 21.6 Å². The van der Waals surface area contributed by atoms with Crippen LogP contribution in [-0.4, -0.2) is 34.3 Å². The number of aliphatic imine (C=N–C) groups is 1. The third kappa shape index (κ3) is 7.35. The second-order valence-electron chi connectivity index (χ2n) is 6.25. The second kappa shape index (κ2) is 11.4. The third-order valence-electron chi connectivity index (χ3n) is 4.05. The summed E-state index contributed by atoms with van der Waals surface area (Å²) in [5, 5.41) is 5.84. The molecule has 0 amide bonds. The molecule has 0 spiro atoms. The lowest BCUT2D eigenvalue weighted by Gasteiger charge is -2.15. The predicted molar refractivity (Wildman–Crippen MR) is 120 cm³/mol. The highest BCUT2D eigenvalue weighted by Gasteiger charge is 2.14. The van der Waals surface area contributed by atoms with Crippen LogP contribution in [0.2, 0.25) is 0 Å². The van der Waals surface area contributed by atoms with Crippen molar-refractivity contribution >= 4 is 39.8 Å². The van der Waals surface area contributed by atoms with Crippen molar-refractivity contribution in [1.29, 1.82) is 0 Å². The van der Waals surface area contributed by atoms with Crippen molar-refractivity contribution in [1.82, 2.24) is 10.6 Å². The Bertz CT molecular complexity index is 1000. The Balaban J connectivity index is 0.00000450. The maximum absolute atomic E-state index is 14.0. The molecule has 0 saturated heterocycles. The Kier molecular flexibility index (Phi) is 9.88. The summed E-state index contributed by atoms with van der Waals surface area (Å²) in [6.45, 7) is -1.16. The van der Waals surface area contributed by atoms with Crippen LogP contribution in [0, 0.1) is 12.7 Å². The number of sulfone groups is 1. The molecule has 0 heterocycles. The zero-order chi connectivity index (χ0) is 21.6. The van der Waals surface area contributed by atoms with Crippen molar-refractivity contribution in [3.8, 4) is 5.75 Å². The molecule has 0 fully saturated rings. The van der Waals surface area contributed by atoms with Crippen LogP contribution >= 0.6 is 24.0 Å². The molecule has 2 N–H and O–H groups in total. The van der Waals surface area contributed by atoms with E-state index in [1.807, 2.05) is 0 Å². The summed E-state index contributed by atoms with van der Waals surface area (Å²) in [5.74, 6) is -0.630. The number of ether oxygens (including phenoxy) is 1. The van der Waals surface area contributed by atoms with Gasteiger partial charge < -0.3 is 15.4 Å². The van der Waals surface area contributed by atoms with Gasteiger partial charge in [0.2, 0.25) is 0 Å². The average Bonchev–Trinajstić information content (AvgIpc) is 2.62. The number of aryl methyl sites for hydroxylation is 1. The lowest BCUT2D eigenvalue weighted by Crippen LogP contribution is -2.36. The number of guanidine groups is 1. The lowest BCUT2D eigenvalue weighted by molar-refractivity contribution is -0.0506. The van der Waals surface area contributed by atoms with Gasteiger partial charge in [-0.25, -0.2) is 12.8 Å². The Hall–Kier alpha value is -2.02. The van der Waals surface area contributed by atoms with Gasteiger partial charge in [-0.1, -0.05) is 18.2 Å². The summed E-state index contributed by atoms with van der Waals surface area (Å²) in [4.78, 5) is 4.26. The molecule has 6 nitrogen and oxygen atoms in total. The molecule has 0 aliphatic rings. The van der Waals surface area contributed by atoms with E-state index in [4.69, 9.17) is 0 Å². The smallest absolute Gasteiger partial charge is 0.387 e. The maximum atomic E-state index is 14.0. The van der Waals surface area contributed by atoms with Gasteiger partial charge in [-0.05, 0) is 36.2 Å². The van der Waals surface area contributed by atoms with E-state index in [-0.39, 0.29) is 46.7 Å². The van der Waals surface area contributed by atoms with Crippen molar-refractivity contribution < 1.29 is 26.3 Å². The number of nitrogens with one attached hydrogen (secondary N) is 2. The van der Waals surface area contributed by atoms with Gasteiger partial charge in [0.1, 0.15) is 11.6 Å². The van der Waals surface area contributed by atoms with Crippen LogP contribution in [0.5, 0.6) is 5.75 Å². The molecule has 0 aliphatic carbocycles. The van der Waals surface area contributed by atoms with E-state index >= 15 is 0 Å². The zero-order valence-corrected chi connectivity index (χ0v) is 19.7. The first-order chi connectivity index (χ1) is 13.6. The van der Waals surface area contributed by atoms with Crippen LogP contribution in [-0.2, 0) is 22.9 Å². The fourth-order valence-electron chi connectivity index (χ4n) is 2.73. The molecule has 0 saturated carbocycles. The van der Waals surface area contributed by atoms with Gasteiger partial charge in [0, 0.05) is 32.0 Å². The first kappa shape index (κ1) is 26.0. The van der Waals surface area contributed by atoms with Gasteiger partial charge in [0.15, 0.2) is 15.8 Å². The molecule has 11 heteroatoms. The van der Waals surface area contributed by atoms with E-state index < -0.39 is 22.3 Å². The number of benzene rings is 2. The van der Waals surface area contributed by atoms with Crippen LogP contribution in [0.1, 0.15) is 16.7 Å². The molecule has 0 atom stereocenters. The normalized spacial score (nSPS) is 11.8. The Morgan fingerprint density at radius 2 is 1.83 bits per heavy atom. The molecule has 2 rings (SSSR count). The minimum absolute atomic E-state index is 0. The van der Waals surface area contributed by atoms with E-state index in [0.717, 1.165) is 17.9 Å². The Morgan fingerprint density at radius 3 is 2.40 bits per heavy atom. The summed E-state index contributed by atoms with van der Waals surface area (Å²) < 4.78 is 66.7. The highest BCUT2D eigenvalue weighted by atomic mass is 127. The Labute approximate surface area is 190 Å². The molecule has 0 unspecified atom stereocenters. The SMILES string of the molecule is CN=C(NCc1ccc(S(C)(=O)=O)c(C)c1)NCc1c(F)cccc1OC(F)F.I. The molecular formula is C19H23F3IN3O3S. The number of alkyl halides is 2. The topological polar surface area (TPSA) is 79.8 Å². The van der Waals surface area contributed by atoms with E-state index in [0.29, 0.717) is 18.1 Å². The predicted octanol–water partition coefficient (Wildman–Crippen LogP) is 3.62. The summed E-state index contributed by atoms with van der Waals surface area (Å²) in [6.07, 6.45) is 1.15. The summed E-state index contributed by atoms with van der Waals surface area (Å²) in [5.41, 5.74) is 1.38. The van der Waals surface area contributed by atoms with Crippen LogP contribution in [0.3, 0.4) is 0 Å². The summed E-state index contributed by atoms with van der Waals surface area (Å²) >= 11 is 0. The minimum Gasteiger partial charge on any atom is -0.434 e. The lowest BCUT2D eigenvalue weighted by atomic mass is 10.1. The van der Waals surface area contributed by atoms with Crippen LogP contribution in [0.25, 0.3) is 0 Å². The van der Waals surface area contributed by atoms with Gasteiger partial charge in [-0.2, -0.15) is 8.78 Å². The van der Waals surface area contributed by atoms with Crippen molar-refractivity contribution in [3.05, 3.63) is 58.9 Å². The van der Waals surface area contributed by atoms with Gasteiger partial charge in [0.05, 0.1) is 4.90 Å². The number of hydrogen-bond donors (Lipinski definition) is 2. The molecule has 0 aromatic heterocycles. The largest absolute Gasteiger partial charge is 0.434 e. The highest BCUT2D eigenvalue weighted by molar-refractivity contribution is 14.0. The van der Waals surface area contributed by atoms with Crippen molar-refractivity contribution in [2.45, 2.75) is 31.5 Å². The van der Waals surface area contributed by atoms with Crippen LogP contribution in [0.4, 0.5) is 13.2 Å². The molecular weight excluding hydrogens is 534 g/mol. The van der Waals surface area contributed by atoms with Crippen molar-refractivity contribution in [3.63, 3.8) is 0 Å². The maximum Gasteiger partial charge on any atom is 0.387 e. The number of nitrogens with zero attached hydrogens (tertiary/aromatic N) is 1. The first-order valence-corrected chi connectivity index (χ1v) is 10.5. The van der Waals surface area contributed by atoms with Crippen molar-refractivity contribution in [2.24, 2.45) is 4.99 Å². The molecule has 2 aromatic rings. The average molecular weight is 557 g/mol. The molecule has 166 valence electrons. The Morgan fingerprint density at radius 1 is 1.17 bits per heavy atom. The van der Waals surface area contributed by atoms with Gasteiger partial charge in [-0.3, -0.25) is 4.99 Å². The zero-order valence-electron chi connectivity index (χ0n) is 16.6. The van der Waals surface area contributed by atoms with Crippen molar-refractivity contribution in [2.75, 3.05) is 13.3 Å². The number of rotatable bonds is 7. The fraction of sp³-hybridized carbons (Fsp3) is 0.316. The quantitative estimate of drug-likeness (QED) is 0.309. The third-order valence-corrected chi connectivity index (χ3v) is 5.30. The monoisotopic (exact) mass is 557 g/mol. The second-order valence-corrected chi connectivity index (χ2v) is 8.23. The molecule has 0 bridgehead atoms. The van der Waals surface area contributed by atoms with Crippen LogP contribution in [0.15, 0.2) is 46.3 Å². The number of halogens is 4. The van der Waals surface area contributed by atoms with Gasteiger partial charge in [-0.15, -0.1) is 24.0 Å².